The second-order valence-corrected chi connectivity index (χ2v) is 4.94. The summed E-state index contributed by atoms with van der Waals surface area (Å²) in [5, 5.41) is 8.80. The summed E-state index contributed by atoms with van der Waals surface area (Å²) < 4.78 is 6.03. The van der Waals surface area contributed by atoms with Crippen molar-refractivity contribution in [3.05, 3.63) is 22.6 Å². The van der Waals surface area contributed by atoms with E-state index in [1.165, 1.54) is 0 Å². The molecule has 0 amide bonds. The van der Waals surface area contributed by atoms with Crippen LogP contribution >= 0.6 is 15.9 Å². The molecule has 4 nitrogen and oxygen atoms in total. The molecule has 5 heteroatoms. The van der Waals surface area contributed by atoms with Gasteiger partial charge in [0, 0.05) is 6.54 Å². The summed E-state index contributed by atoms with van der Waals surface area (Å²) in [6.07, 6.45) is 0. The van der Waals surface area contributed by atoms with Crippen molar-refractivity contribution in [2.75, 3.05) is 13.1 Å². The lowest BCUT2D eigenvalue weighted by Gasteiger charge is -2.20. The third kappa shape index (κ3) is 4.81. The monoisotopic (exact) mass is 289 g/mol. The number of rotatable bonds is 6. The zero-order chi connectivity index (χ0) is 12.1. The minimum atomic E-state index is -0.814. The van der Waals surface area contributed by atoms with Crippen LogP contribution in [0.5, 0.6) is 0 Å². The molecule has 0 aliphatic heterocycles. The number of furan rings is 1. The highest BCUT2D eigenvalue weighted by atomic mass is 79.9. The van der Waals surface area contributed by atoms with Crippen LogP contribution in [0.25, 0.3) is 0 Å². The number of carboxylic acid groups (broad SMARTS) is 1. The fraction of sp³-hybridized carbons (Fsp3) is 0.545. The van der Waals surface area contributed by atoms with E-state index in [-0.39, 0.29) is 6.54 Å². The normalized spacial score (nSPS) is 11.3. The van der Waals surface area contributed by atoms with Crippen LogP contribution in [0.15, 0.2) is 21.2 Å². The van der Waals surface area contributed by atoms with E-state index < -0.39 is 5.97 Å². The molecule has 16 heavy (non-hydrogen) atoms. The Labute approximate surface area is 103 Å². The summed E-state index contributed by atoms with van der Waals surface area (Å²) in [4.78, 5) is 12.6. The Morgan fingerprint density at radius 2 is 2.25 bits per heavy atom. The number of nitrogens with zero attached hydrogens (tertiary/aromatic N) is 1. The van der Waals surface area contributed by atoms with E-state index in [9.17, 15) is 4.79 Å². The second kappa shape index (κ2) is 6.06. The first-order valence-electron chi connectivity index (χ1n) is 5.15. The van der Waals surface area contributed by atoms with Crippen LogP contribution in [0.4, 0.5) is 0 Å². The summed E-state index contributed by atoms with van der Waals surface area (Å²) in [7, 11) is 0. The lowest BCUT2D eigenvalue weighted by atomic mass is 10.2. The minimum absolute atomic E-state index is 0.0382. The van der Waals surface area contributed by atoms with Crippen LogP contribution in [0.2, 0.25) is 0 Å². The molecule has 0 saturated carbocycles. The fourth-order valence-electron chi connectivity index (χ4n) is 1.55. The maximum absolute atomic E-state index is 10.7. The van der Waals surface area contributed by atoms with Crippen LogP contribution in [0, 0.1) is 5.92 Å². The third-order valence-corrected chi connectivity index (χ3v) is 2.42. The van der Waals surface area contributed by atoms with Crippen molar-refractivity contribution in [2.24, 2.45) is 5.92 Å². The molecule has 0 radical (unpaired) electrons. The molecular weight excluding hydrogens is 274 g/mol. The highest BCUT2D eigenvalue weighted by molar-refractivity contribution is 9.10. The molecule has 1 heterocycles. The Morgan fingerprint density at radius 3 is 2.69 bits per heavy atom. The van der Waals surface area contributed by atoms with Crippen molar-refractivity contribution in [1.82, 2.24) is 4.90 Å². The van der Waals surface area contributed by atoms with E-state index in [1.54, 1.807) is 0 Å². The average molecular weight is 290 g/mol. The lowest BCUT2D eigenvalue weighted by Crippen LogP contribution is -2.32. The van der Waals surface area contributed by atoms with Crippen LogP contribution in [0.1, 0.15) is 19.6 Å². The minimum Gasteiger partial charge on any atom is -0.480 e. The van der Waals surface area contributed by atoms with Gasteiger partial charge in [-0.1, -0.05) is 13.8 Å². The van der Waals surface area contributed by atoms with Crippen molar-refractivity contribution in [3.8, 4) is 0 Å². The number of halogens is 1. The van der Waals surface area contributed by atoms with Crippen LogP contribution in [-0.2, 0) is 11.3 Å². The van der Waals surface area contributed by atoms with E-state index in [4.69, 9.17) is 9.52 Å². The molecule has 0 bridgehead atoms. The Bertz CT molecular complexity index is 349. The zero-order valence-corrected chi connectivity index (χ0v) is 11.0. The summed E-state index contributed by atoms with van der Waals surface area (Å²) in [5.41, 5.74) is 0. The summed E-state index contributed by atoms with van der Waals surface area (Å²) in [5.74, 6) is 0.387. The summed E-state index contributed by atoms with van der Waals surface area (Å²) >= 11 is 3.22. The van der Waals surface area contributed by atoms with Gasteiger partial charge in [0.15, 0.2) is 4.67 Å². The van der Waals surface area contributed by atoms with Crippen molar-refractivity contribution < 1.29 is 14.3 Å². The molecule has 0 aliphatic carbocycles. The molecule has 0 unspecified atom stereocenters. The molecule has 0 spiro atoms. The Hall–Kier alpha value is -0.810. The van der Waals surface area contributed by atoms with Gasteiger partial charge in [-0.3, -0.25) is 9.69 Å². The molecule has 0 saturated heterocycles. The van der Waals surface area contributed by atoms with E-state index >= 15 is 0 Å². The predicted molar refractivity (Wildman–Crippen MR) is 64.2 cm³/mol. The first-order chi connectivity index (χ1) is 7.47. The van der Waals surface area contributed by atoms with E-state index in [0.29, 0.717) is 17.1 Å². The number of hydrogen-bond acceptors (Lipinski definition) is 3. The summed E-state index contributed by atoms with van der Waals surface area (Å²) in [6.45, 7) is 5.43. The second-order valence-electron chi connectivity index (χ2n) is 4.16. The molecule has 90 valence electrons. The zero-order valence-electron chi connectivity index (χ0n) is 9.44. The van der Waals surface area contributed by atoms with Crippen molar-refractivity contribution in [3.63, 3.8) is 0 Å². The van der Waals surface area contributed by atoms with Gasteiger partial charge in [0.05, 0.1) is 13.1 Å². The first kappa shape index (κ1) is 13.3. The van der Waals surface area contributed by atoms with E-state index in [0.717, 1.165) is 12.3 Å². The van der Waals surface area contributed by atoms with Gasteiger partial charge < -0.3 is 9.52 Å². The number of carbonyl (C=O) groups is 1. The fourth-order valence-corrected chi connectivity index (χ4v) is 1.89. The van der Waals surface area contributed by atoms with E-state index in [2.05, 4.69) is 29.8 Å². The van der Waals surface area contributed by atoms with Gasteiger partial charge >= 0.3 is 5.97 Å². The van der Waals surface area contributed by atoms with Gasteiger partial charge in [0.25, 0.3) is 0 Å². The van der Waals surface area contributed by atoms with Crippen molar-refractivity contribution in [1.29, 1.82) is 0 Å². The van der Waals surface area contributed by atoms with Gasteiger partial charge in [-0.05, 0) is 34.0 Å². The van der Waals surface area contributed by atoms with Gasteiger partial charge in [-0.15, -0.1) is 0 Å². The maximum Gasteiger partial charge on any atom is 0.317 e. The topological polar surface area (TPSA) is 53.7 Å². The maximum atomic E-state index is 10.7. The molecule has 0 aromatic carbocycles. The lowest BCUT2D eigenvalue weighted by molar-refractivity contribution is -0.138. The van der Waals surface area contributed by atoms with Crippen molar-refractivity contribution in [2.45, 2.75) is 20.4 Å². The number of hydrogen-bond donors (Lipinski definition) is 1. The molecule has 1 aromatic heterocycles. The SMILES string of the molecule is CC(C)CN(CC(=O)O)Cc1ccc(Br)o1. The van der Waals surface area contributed by atoms with E-state index in [1.807, 2.05) is 17.0 Å². The molecule has 0 aliphatic rings. The first-order valence-corrected chi connectivity index (χ1v) is 5.95. The van der Waals surface area contributed by atoms with Crippen LogP contribution in [0.3, 0.4) is 0 Å². The van der Waals surface area contributed by atoms with Gasteiger partial charge in [0.1, 0.15) is 5.76 Å². The van der Waals surface area contributed by atoms with Gasteiger partial charge in [0.2, 0.25) is 0 Å². The molecule has 0 fully saturated rings. The molecular formula is C11H16BrNO3. The Kier molecular flexibility index (Phi) is 5.02. The Balaban J connectivity index is 2.58. The smallest absolute Gasteiger partial charge is 0.317 e. The standard InChI is InChI=1S/C11H16BrNO3/c1-8(2)5-13(7-11(14)15)6-9-3-4-10(12)16-9/h3-4,8H,5-7H2,1-2H3,(H,14,15). The van der Waals surface area contributed by atoms with Gasteiger partial charge in [-0.2, -0.15) is 0 Å². The molecule has 1 aromatic rings. The molecule has 1 N–H and O–H groups in total. The molecule has 0 atom stereocenters. The third-order valence-electron chi connectivity index (χ3n) is 1.99. The quantitative estimate of drug-likeness (QED) is 0.875. The van der Waals surface area contributed by atoms with Crippen LogP contribution < -0.4 is 0 Å². The predicted octanol–water partition coefficient (Wildman–Crippen LogP) is 2.58. The van der Waals surface area contributed by atoms with Crippen LogP contribution in [-0.4, -0.2) is 29.1 Å². The number of aliphatic carboxylic acids is 1. The summed E-state index contributed by atoms with van der Waals surface area (Å²) in [6, 6.07) is 3.66. The highest BCUT2D eigenvalue weighted by Crippen LogP contribution is 2.16. The highest BCUT2D eigenvalue weighted by Gasteiger charge is 2.13. The average Bonchev–Trinajstić information content (AvgIpc) is 2.48. The van der Waals surface area contributed by atoms with Gasteiger partial charge in [-0.25, -0.2) is 0 Å². The largest absolute Gasteiger partial charge is 0.480 e. The van der Waals surface area contributed by atoms with Crippen molar-refractivity contribution >= 4 is 21.9 Å². The number of carboxylic acids is 1. The molecule has 1 rings (SSSR count). The Morgan fingerprint density at radius 1 is 1.56 bits per heavy atom.